The highest BCUT2D eigenvalue weighted by Crippen LogP contribution is 2.43. The van der Waals surface area contributed by atoms with Crippen molar-refractivity contribution in [2.24, 2.45) is 0 Å². The van der Waals surface area contributed by atoms with Gasteiger partial charge in [-0.25, -0.2) is 0 Å². The van der Waals surface area contributed by atoms with E-state index in [-0.39, 0.29) is 6.04 Å². The molecule has 0 aliphatic rings. The molecule has 4 nitrogen and oxygen atoms in total. The molecule has 0 saturated heterocycles. The number of para-hydroxylation sites is 1. The molecule has 2 rings (SSSR count). The molecule has 0 amide bonds. The van der Waals surface area contributed by atoms with Gasteiger partial charge in [0.2, 0.25) is 0 Å². The van der Waals surface area contributed by atoms with E-state index < -0.39 is 0 Å². The molecule has 2 aromatic carbocycles. The van der Waals surface area contributed by atoms with E-state index >= 15 is 0 Å². The molecule has 0 fully saturated rings. The number of ether oxygens (including phenoxy) is 3. The number of nitrogens with one attached hydrogen (secondary N) is 1. The summed E-state index contributed by atoms with van der Waals surface area (Å²) in [7, 11) is 6.91. The predicted octanol–water partition coefficient (Wildman–Crippen LogP) is 3.66. The van der Waals surface area contributed by atoms with E-state index in [1.54, 1.807) is 21.3 Å². The molecule has 0 spiro atoms. The lowest BCUT2D eigenvalue weighted by molar-refractivity contribution is 0.355. The Morgan fingerprint density at radius 3 is 2.14 bits per heavy atom. The Kier molecular flexibility index (Phi) is 5.28. The molecular weight excluding hydrogens is 278 g/mol. The van der Waals surface area contributed by atoms with E-state index in [1.165, 1.54) is 0 Å². The number of hydrogen-bond acceptors (Lipinski definition) is 4. The van der Waals surface area contributed by atoms with Crippen LogP contribution in [0.5, 0.6) is 17.2 Å². The second kappa shape index (κ2) is 7.18. The van der Waals surface area contributed by atoms with Crippen molar-refractivity contribution in [1.29, 1.82) is 0 Å². The Hall–Kier alpha value is -2.20. The summed E-state index contributed by atoms with van der Waals surface area (Å²) in [5, 5.41) is 3.25. The zero-order valence-corrected chi connectivity index (χ0v) is 13.8. The van der Waals surface area contributed by atoms with E-state index in [1.807, 2.05) is 37.4 Å². The van der Waals surface area contributed by atoms with E-state index in [0.717, 1.165) is 22.4 Å². The van der Waals surface area contributed by atoms with Crippen molar-refractivity contribution in [2.45, 2.75) is 13.0 Å². The summed E-state index contributed by atoms with van der Waals surface area (Å²) < 4.78 is 16.6. The molecule has 118 valence electrons. The smallest absolute Gasteiger partial charge is 0.168 e. The third-order valence-electron chi connectivity index (χ3n) is 3.83. The first kappa shape index (κ1) is 16.2. The zero-order chi connectivity index (χ0) is 16.1. The van der Waals surface area contributed by atoms with Crippen LogP contribution in [0.3, 0.4) is 0 Å². The van der Waals surface area contributed by atoms with Gasteiger partial charge in [0.1, 0.15) is 5.75 Å². The molecule has 0 aliphatic heterocycles. The second-order valence-electron chi connectivity index (χ2n) is 5.01. The lowest BCUT2D eigenvalue weighted by Crippen LogP contribution is -2.12. The minimum absolute atomic E-state index is 0.202. The summed E-state index contributed by atoms with van der Waals surface area (Å²) in [6, 6.07) is 12.2. The number of benzene rings is 2. The lowest BCUT2D eigenvalue weighted by Gasteiger charge is -2.19. The minimum atomic E-state index is 0.202. The number of hydrogen-bond donors (Lipinski definition) is 1. The van der Waals surface area contributed by atoms with Crippen molar-refractivity contribution in [3.63, 3.8) is 0 Å². The summed E-state index contributed by atoms with van der Waals surface area (Å²) in [4.78, 5) is 0. The van der Waals surface area contributed by atoms with Crippen LogP contribution in [0.15, 0.2) is 36.4 Å². The molecule has 0 saturated carbocycles. The Balaban J connectivity index is 2.71. The fraction of sp³-hybridized carbons (Fsp3) is 0.333. The SMILES string of the molecule is CNC(C)c1cc(OC)c(OC)c(-c2ccccc2OC)c1. The van der Waals surface area contributed by atoms with Gasteiger partial charge in [-0.2, -0.15) is 0 Å². The monoisotopic (exact) mass is 301 g/mol. The standard InChI is InChI=1S/C18H23NO3/c1-12(19-2)13-10-15(18(22-5)17(11-13)21-4)14-8-6-7-9-16(14)20-3/h6-12,19H,1-5H3. The van der Waals surface area contributed by atoms with Crippen molar-refractivity contribution in [1.82, 2.24) is 5.32 Å². The van der Waals surface area contributed by atoms with Crippen LogP contribution in [-0.2, 0) is 0 Å². The Labute approximate surface area is 132 Å². The van der Waals surface area contributed by atoms with Crippen LogP contribution in [0.2, 0.25) is 0 Å². The number of methoxy groups -OCH3 is 3. The molecule has 0 aromatic heterocycles. The highest BCUT2D eigenvalue weighted by atomic mass is 16.5. The zero-order valence-electron chi connectivity index (χ0n) is 13.8. The minimum Gasteiger partial charge on any atom is -0.496 e. The van der Waals surface area contributed by atoms with E-state index in [0.29, 0.717) is 11.5 Å². The summed E-state index contributed by atoms with van der Waals surface area (Å²) in [5.74, 6) is 2.22. The van der Waals surface area contributed by atoms with Gasteiger partial charge in [-0.15, -0.1) is 0 Å². The summed E-state index contributed by atoms with van der Waals surface area (Å²) in [5.41, 5.74) is 3.06. The van der Waals surface area contributed by atoms with Crippen molar-refractivity contribution >= 4 is 0 Å². The molecule has 22 heavy (non-hydrogen) atoms. The van der Waals surface area contributed by atoms with E-state index in [9.17, 15) is 0 Å². The van der Waals surface area contributed by atoms with Crippen molar-refractivity contribution in [3.05, 3.63) is 42.0 Å². The molecule has 0 radical (unpaired) electrons. The Morgan fingerprint density at radius 2 is 1.55 bits per heavy atom. The maximum Gasteiger partial charge on any atom is 0.168 e. The second-order valence-corrected chi connectivity index (χ2v) is 5.01. The highest BCUT2D eigenvalue weighted by Gasteiger charge is 2.18. The van der Waals surface area contributed by atoms with Gasteiger partial charge in [0.15, 0.2) is 11.5 Å². The normalized spacial score (nSPS) is 11.9. The van der Waals surface area contributed by atoms with Gasteiger partial charge in [0.25, 0.3) is 0 Å². The van der Waals surface area contributed by atoms with Crippen LogP contribution >= 0.6 is 0 Å². The van der Waals surface area contributed by atoms with Gasteiger partial charge in [-0.3, -0.25) is 0 Å². The lowest BCUT2D eigenvalue weighted by atomic mass is 9.97. The Morgan fingerprint density at radius 1 is 0.864 bits per heavy atom. The third kappa shape index (κ3) is 3.02. The van der Waals surface area contributed by atoms with Crippen molar-refractivity contribution in [2.75, 3.05) is 28.4 Å². The fourth-order valence-electron chi connectivity index (χ4n) is 2.47. The van der Waals surface area contributed by atoms with E-state index in [4.69, 9.17) is 14.2 Å². The summed E-state index contributed by atoms with van der Waals surface area (Å²) in [6.07, 6.45) is 0. The van der Waals surface area contributed by atoms with Gasteiger partial charge >= 0.3 is 0 Å². The number of rotatable bonds is 6. The van der Waals surface area contributed by atoms with Gasteiger partial charge in [0.05, 0.1) is 21.3 Å². The summed E-state index contributed by atoms with van der Waals surface area (Å²) in [6.45, 7) is 2.10. The third-order valence-corrected chi connectivity index (χ3v) is 3.83. The molecule has 0 aliphatic carbocycles. The first-order chi connectivity index (χ1) is 10.7. The maximum atomic E-state index is 5.59. The van der Waals surface area contributed by atoms with Crippen molar-refractivity contribution < 1.29 is 14.2 Å². The van der Waals surface area contributed by atoms with Crippen LogP contribution in [0.25, 0.3) is 11.1 Å². The van der Waals surface area contributed by atoms with Crippen molar-refractivity contribution in [3.8, 4) is 28.4 Å². The molecule has 1 N–H and O–H groups in total. The molecular formula is C18H23NO3. The maximum absolute atomic E-state index is 5.59. The first-order valence-electron chi connectivity index (χ1n) is 7.22. The largest absolute Gasteiger partial charge is 0.496 e. The fourth-order valence-corrected chi connectivity index (χ4v) is 2.47. The van der Waals surface area contributed by atoms with Crippen LogP contribution in [0.1, 0.15) is 18.5 Å². The highest BCUT2D eigenvalue weighted by molar-refractivity contribution is 5.79. The summed E-state index contributed by atoms with van der Waals surface area (Å²) >= 11 is 0. The quantitative estimate of drug-likeness (QED) is 0.884. The molecule has 4 heteroatoms. The van der Waals surface area contributed by atoms with Gasteiger partial charge < -0.3 is 19.5 Å². The van der Waals surface area contributed by atoms with Crippen LogP contribution in [0.4, 0.5) is 0 Å². The first-order valence-corrected chi connectivity index (χ1v) is 7.22. The average Bonchev–Trinajstić information content (AvgIpc) is 2.59. The predicted molar refractivity (Wildman–Crippen MR) is 89.0 cm³/mol. The van der Waals surface area contributed by atoms with Gasteiger partial charge in [-0.05, 0) is 37.7 Å². The molecule has 2 aromatic rings. The van der Waals surface area contributed by atoms with Crippen LogP contribution in [0, 0.1) is 0 Å². The van der Waals surface area contributed by atoms with Gasteiger partial charge in [0, 0.05) is 17.2 Å². The molecule has 0 heterocycles. The molecule has 1 atom stereocenters. The molecule has 0 bridgehead atoms. The Bertz CT molecular complexity index is 640. The van der Waals surface area contributed by atoms with Crippen LogP contribution in [-0.4, -0.2) is 28.4 Å². The van der Waals surface area contributed by atoms with E-state index in [2.05, 4.69) is 18.3 Å². The van der Waals surface area contributed by atoms with Gasteiger partial charge in [-0.1, -0.05) is 18.2 Å². The van der Waals surface area contributed by atoms with Crippen LogP contribution < -0.4 is 19.5 Å². The topological polar surface area (TPSA) is 39.7 Å². The average molecular weight is 301 g/mol. The molecule has 1 unspecified atom stereocenters.